The first kappa shape index (κ1) is 10.3. The van der Waals surface area contributed by atoms with E-state index >= 15 is 0 Å². The molecule has 0 aliphatic rings. The topological polar surface area (TPSA) is 70.7 Å². The van der Waals surface area contributed by atoms with Crippen LogP contribution in [0.1, 0.15) is 16.2 Å². The van der Waals surface area contributed by atoms with Gasteiger partial charge in [-0.05, 0) is 24.6 Å². The molecule has 16 heavy (non-hydrogen) atoms. The van der Waals surface area contributed by atoms with Crippen LogP contribution in [0, 0.1) is 12.7 Å². The number of nitrogens with one attached hydrogen (secondary N) is 2. The average Bonchev–Trinajstić information content (AvgIpc) is 2.76. The summed E-state index contributed by atoms with van der Waals surface area (Å²) in [6, 6.07) is 4.17. The van der Waals surface area contributed by atoms with Crippen LogP contribution < -0.4 is 5.32 Å². The lowest BCUT2D eigenvalue weighted by Crippen LogP contribution is -2.14. The summed E-state index contributed by atoms with van der Waals surface area (Å²) in [6.07, 6.45) is 1.23. The highest BCUT2D eigenvalue weighted by atomic mass is 19.1. The molecule has 0 unspecified atom stereocenters. The molecular weight excluding hydrogens is 211 g/mol. The van der Waals surface area contributed by atoms with Gasteiger partial charge in [0.05, 0.1) is 0 Å². The molecular formula is C10H9FN4O. The van der Waals surface area contributed by atoms with E-state index in [9.17, 15) is 9.18 Å². The first-order chi connectivity index (χ1) is 7.66. The molecule has 0 atom stereocenters. The monoisotopic (exact) mass is 220 g/mol. The number of carbonyl (C=O) groups is 1. The number of halogens is 1. The van der Waals surface area contributed by atoms with E-state index < -0.39 is 11.7 Å². The number of H-pyrrole nitrogens is 1. The van der Waals surface area contributed by atoms with Gasteiger partial charge in [-0.2, -0.15) is 5.10 Å². The Balaban J connectivity index is 2.21. The predicted molar refractivity (Wildman–Crippen MR) is 55.5 cm³/mol. The van der Waals surface area contributed by atoms with Crippen molar-refractivity contribution in [2.75, 3.05) is 5.32 Å². The third-order valence-electron chi connectivity index (χ3n) is 2.08. The van der Waals surface area contributed by atoms with Crippen LogP contribution >= 0.6 is 0 Å². The molecule has 1 aromatic heterocycles. The highest BCUT2D eigenvalue weighted by Crippen LogP contribution is 2.16. The SMILES string of the molecule is Cc1ccc(F)cc1NC(=O)c1ncn[nH]1. The van der Waals surface area contributed by atoms with Crippen molar-refractivity contribution in [1.82, 2.24) is 15.2 Å². The molecule has 5 nitrogen and oxygen atoms in total. The summed E-state index contributed by atoms with van der Waals surface area (Å²) in [5, 5.41) is 8.52. The van der Waals surface area contributed by atoms with E-state index in [2.05, 4.69) is 20.5 Å². The van der Waals surface area contributed by atoms with Gasteiger partial charge in [0.15, 0.2) is 0 Å². The summed E-state index contributed by atoms with van der Waals surface area (Å²) in [7, 11) is 0. The van der Waals surface area contributed by atoms with Crippen molar-refractivity contribution < 1.29 is 9.18 Å². The number of nitrogens with zero attached hydrogens (tertiary/aromatic N) is 2. The molecule has 0 aliphatic carbocycles. The quantitative estimate of drug-likeness (QED) is 0.805. The molecule has 2 rings (SSSR count). The smallest absolute Gasteiger partial charge is 0.292 e. The standard InChI is InChI=1S/C10H9FN4O/c1-6-2-3-7(11)4-8(6)14-10(16)9-12-5-13-15-9/h2-5H,1H3,(H,14,16)(H,12,13,15). The normalized spacial score (nSPS) is 10.1. The lowest BCUT2D eigenvalue weighted by molar-refractivity contribution is 0.101. The van der Waals surface area contributed by atoms with Crippen molar-refractivity contribution in [3.8, 4) is 0 Å². The van der Waals surface area contributed by atoms with Crippen molar-refractivity contribution >= 4 is 11.6 Å². The Kier molecular flexibility index (Phi) is 2.63. The van der Waals surface area contributed by atoms with E-state index in [1.54, 1.807) is 13.0 Å². The zero-order chi connectivity index (χ0) is 11.5. The summed E-state index contributed by atoms with van der Waals surface area (Å²) in [6.45, 7) is 1.77. The lowest BCUT2D eigenvalue weighted by Gasteiger charge is -2.06. The van der Waals surface area contributed by atoms with Crippen LogP contribution in [0.5, 0.6) is 0 Å². The number of aromatic amines is 1. The third-order valence-corrected chi connectivity index (χ3v) is 2.08. The Labute approximate surface area is 90.7 Å². The summed E-state index contributed by atoms with van der Waals surface area (Å²) in [5.74, 6) is -0.770. The fourth-order valence-corrected chi connectivity index (χ4v) is 1.23. The molecule has 0 aliphatic heterocycles. The van der Waals surface area contributed by atoms with Gasteiger partial charge in [-0.1, -0.05) is 6.07 Å². The fraction of sp³-hybridized carbons (Fsp3) is 0.100. The molecule has 1 heterocycles. The number of carbonyl (C=O) groups excluding carboxylic acids is 1. The molecule has 0 spiro atoms. The van der Waals surface area contributed by atoms with Gasteiger partial charge in [-0.3, -0.25) is 9.89 Å². The molecule has 0 radical (unpaired) electrons. The lowest BCUT2D eigenvalue weighted by atomic mass is 10.2. The minimum absolute atomic E-state index is 0.0867. The Morgan fingerprint density at radius 1 is 1.50 bits per heavy atom. The fourth-order valence-electron chi connectivity index (χ4n) is 1.23. The van der Waals surface area contributed by atoms with Crippen molar-refractivity contribution in [3.63, 3.8) is 0 Å². The molecule has 2 aromatic rings. The molecule has 6 heteroatoms. The number of rotatable bonds is 2. The minimum Gasteiger partial charge on any atom is -0.319 e. The number of aromatic nitrogens is 3. The largest absolute Gasteiger partial charge is 0.319 e. The van der Waals surface area contributed by atoms with E-state index in [1.165, 1.54) is 18.5 Å². The zero-order valence-corrected chi connectivity index (χ0v) is 8.49. The van der Waals surface area contributed by atoms with Crippen molar-refractivity contribution in [3.05, 3.63) is 41.7 Å². The van der Waals surface area contributed by atoms with Crippen LogP contribution in [0.3, 0.4) is 0 Å². The summed E-state index contributed by atoms with van der Waals surface area (Å²) < 4.78 is 13.0. The number of amides is 1. The molecule has 0 saturated heterocycles. The van der Waals surface area contributed by atoms with Crippen LogP contribution in [-0.4, -0.2) is 21.1 Å². The van der Waals surface area contributed by atoms with Crippen molar-refractivity contribution in [2.24, 2.45) is 0 Å². The Morgan fingerprint density at radius 2 is 2.31 bits per heavy atom. The molecule has 82 valence electrons. The van der Waals surface area contributed by atoms with E-state index in [1.807, 2.05) is 0 Å². The molecule has 0 fully saturated rings. The maximum atomic E-state index is 13.0. The van der Waals surface area contributed by atoms with E-state index in [0.29, 0.717) is 5.69 Å². The predicted octanol–water partition coefficient (Wildman–Crippen LogP) is 1.50. The van der Waals surface area contributed by atoms with Crippen LogP contribution in [-0.2, 0) is 0 Å². The van der Waals surface area contributed by atoms with Crippen LogP contribution in [0.25, 0.3) is 0 Å². The molecule has 0 saturated carbocycles. The van der Waals surface area contributed by atoms with Gasteiger partial charge >= 0.3 is 0 Å². The number of hydrogen-bond donors (Lipinski definition) is 2. The van der Waals surface area contributed by atoms with Gasteiger partial charge in [0.25, 0.3) is 5.91 Å². The second-order valence-corrected chi connectivity index (χ2v) is 3.25. The average molecular weight is 220 g/mol. The molecule has 0 bridgehead atoms. The number of anilines is 1. The van der Waals surface area contributed by atoms with E-state index in [-0.39, 0.29) is 5.82 Å². The van der Waals surface area contributed by atoms with Crippen molar-refractivity contribution in [1.29, 1.82) is 0 Å². The van der Waals surface area contributed by atoms with Crippen molar-refractivity contribution in [2.45, 2.75) is 6.92 Å². The maximum absolute atomic E-state index is 13.0. The van der Waals surface area contributed by atoms with Gasteiger partial charge in [-0.15, -0.1) is 0 Å². The Bertz CT molecular complexity index is 510. The molecule has 1 amide bonds. The second kappa shape index (κ2) is 4.09. The van der Waals surface area contributed by atoms with Gasteiger partial charge in [0.1, 0.15) is 12.1 Å². The zero-order valence-electron chi connectivity index (χ0n) is 8.49. The third kappa shape index (κ3) is 2.05. The number of aryl methyl sites for hydroxylation is 1. The minimum atomic E-state index is -0.453. The Hall–Kier alpha value is -2.24. The van der Waals surface area contributed by atoms with E-state index in [4.69, 9.17) is 0 Å². The first-order valence-electron chi connectivity index (χ1n) is 4.59. The van der Waals surface area contributed by atoms with Gasteiger partial charge in [-0.25, -0.2) is 9.37 Å². The Morgan fingerprint density at radius 3 is 3.00 bits per heavy atom. The molecule has 2 N–H and O–H groups in total. The molecule has 1 aromatic carbocycles. The first-order valence-corrected chi connectivity index (χ1v) is 4.59. The second-order valence-electron chi connectivity index (χ2n) is 3.25. The summed E-state index contributed by atoms with van der Waals surface area (Å²) in [5.41, 5.74) is 1.19. The van der Waals surface area contributed by atoms with Crippen LogP contribution in [0.2, 0.25) is 0 Å². The number of benzene rings is 1. The number of hydrogen-bond acceptors (Lipinski definition) is 3. The summed E-state index contributed by atoms with van der Waals surface area (Å²) >= 11 is 0. The highest BCUT2D eigenvalue weighted by molar-refractivity contribution is 6.01. The highest BCUT2D eigenvalue weighted by Gasteiger charge is 2.10. The van der Waals surface area contributed by atoms with Crippen LogP contribution in [0.15, 0.2) is 24.5 Å². The maximum Gasteiger partial charge on any atom is 0.292 e. The van der Waals surface area contributed by atoms with Gasteiger partial charge in [0.2, 0.25) is 5.82 Å². The van der Waals surface area contributed by atoms with Crippen LogP contribution in [0.4, 0.5) is 10.1 Å². The van der Waals surface area contributed by atoms with E-state index in [0.717, 1.165) is 5.56 Å². The summed E-state index contributed by atoms with van der Waals surface area (Å²) in [4.78, 5) is 15.3. The van der Waals surface area contributed by atoms with Gasteiger partial charge < -0.3 is 5.32 Å². The van der Waals surface area contributed by atoms with Gasteiger partial charge in [0, 0.05) is 5.69 Å².